The van der Waals surface area contributed by atoms with Crippen LogP contribution in [0.15, 0.2) is 0 Å². The van der Waals surface area contributed by atoms with Gasteiger partial charge in [-0.2, -0.15) is 0 Å². The lowest BCUT2D eigenvalue weighted by atomic mass is 9.77. The fraction of sp³-hybridized carbons (Fsp3) is 1.00. The van der Waals surface area contributed by atoms with Gasteiger partial charge in [-0.25, -0.2) is 17.6 Å². The molecule has 1 rings (SSSR count). The van der Waals surface area contributed by atoms with Gasteiger partial charge in [-0.1, -0.05) is 0 Å². The van der Waals surface area contributed by atoms with E-state index in [9.17, 15) is 17.6 Å². The van der Waals surface area contributed by atoms with E-state index >= 15 is 0 Å². The molecule has 0 amide bonds. The van der Waals surface area contributed by atoms with Crippen molar-refractivity contribution in [1.82, 2.24) is 0 Å². The second-order valence-electron chi connectivity index (χ2n) is 3.67. The van der Waals surface area contributed by atoms with E-state index in [0.717, 1.165) is 0 Å². The maximum Gasteiger partial charge on any atom is 0.261 e. The van der Waals surface area contributed by atoms with Gasteiger partial charge < -0.3 is 9.47 Å². The summed E-state index contributed by atoms with van der Waals surface area (Å²) in [4.78, 5) is 0. The van der Waals surface area contributed by atoms with Crippen LogP contribution in [-0.4, -0.2) is 31.9 Å². The summed E-state index contributed by atoms with van der Waals surface area (Å²) in [5.74, 6) is -7.10. The molecule has 0 aliphatic carbocycles. The van der Waals surface area contributed by atoms with E-state index in [1.54, 1.807) is 0 Å². The molecule has 0 atom stereocenters. The number of ether oxygens (including phenoxy) is 2. The van der Waals surface area contributed by atoms with Crippen LogP contribution in [0, 0.1) is 5.41 Å². The van der Waals surface area contributed by atoms with Gasteiger partial charge in [0.05, 0.1) is 13.2 Å². The van der Waals surface area contributed by atoms with E-state index in [4.69, 9.17) is 0 Å². The van der Waals surface area contributed by atoms with Gasteiger partial charge in [0, 0.05) is 13.8 Å². The first-order valence-electron chi connectivity index (χ1n) is 4.12. The first-order valence-corrected chi connectivity index (χ1v) is 4.12. The minimum Gasteiger partial charge on any atom is -0.354 e. The summed E-state index contributed by atoms with van der Waals surface area (Å²) >= 11 is 0. The van der Waals surface area contributed by atoms with Gasteiger partial charge in [0.1, 0.15) is 12.2 Å². The highest BCUT2D eigenvalue weighted by molar-refractivity contribution is 4.99. The summed E-state index contributed by atoms with van der Waals surface area (Å²) in [7, 11) is 0. The number of hydrogen-bond donors (Lipinski definition) is 0. The van der Waals surface area contributed by atoms with Crippen molar-refractivity contribution in [2.75, 3.05) is 20.0 Å². The van der Waals surface area contributed by atoms with Crippen LogP contribution in [0.2, 0.25) is 0 Å². The maximum atomic E-state index is 13.1. The second kappa shape index (κ2) is 3.34. The molecule has 1 saturated heterocycles. The SMILES string of the molecule is CC(F)(F)C1(C(C)(F)F)COCOC1. The van der Waals surface area contributed by atoms with Gasteiger partial charge in [0.25, 0.3) is 11.8 Å². The molecule has 0 spiro atoms. The average Bonchev–Trinajstić information content (AvgIpc) is 2.02. The van der Waals surface area contributed by atoms with E-state index in [1.807, 2.05) is 0 Å². The Morgan fingerprint density at radius 1 is 0.929 bits per heavy atom. The Balaban J connectivity index is 3.01. The zero-order chi connectivity index (χ0) is 11.0. The smallest absolute Gasteiger partial charge is 0.261 e. The molecule has 1 aliphatic heterocycles. The number of hydrogen-bond acceptors (Lipinski definition) is 2. The van der Waals surface area contributed by atoms with Gasteiger partial charge in [0.15, 0.2) is 0 Å². The molecule has 6 heteroatoms. The van der Waals surface area contributed by atoms with E-state index in [0.29, 0.717) is 13.8 Å². The first kappa shape index (κ1) is 11.7. The summed E-state index contributed by atoms with van der Waals surface area (Å²) in [6.45, 7) is -0.682. The third-order valence-corrected chi connectivity index (χ3v) is 2.54. The van der Waals surface area contributed by atoms with Crippen LogP contribution in [0.1, 0.15) is 13.8 Å². The highest BCUT2D eigenvalue weighted by Gasteiger charge is 2.64. The highest BCUT2D eigenvalue weighted by Crippen LogP contribution is 2.49. The fourth-order valence-electron chi connectivity index (χ4n) is 1.42. The Morgan fingerprint density at radius 2 is 1.29 bits per heavy atom. The normalized spacial score (nSPS) is 23.6. The molecule has 0 aromatic rings. The van der Waals surface area contributed by atoms with Crippen molar-refractivity contribution >= 4 is 0 Å². The molecule has 0 bridgehead atoms. The Morgan fingerprint density at radius 3 is 1.50 bits per heavy atom. The first-order chi connectivity index (χ1) is 6.21. The minimum atomic E-state index is -3.55. The van der Waals surface area contributed by atoms with Crippen molar-refractivity contribution in [3.63, 3.8) is 0 Å². The minimum absolute atomic E-state index is 0.214. The van der Waals surface area contributed by atoms with E-state index in [2.05, 4.69) is 9.47 Å². The molecule has 84 valence electrons. The van der Waals surface area contributed by atoms with Crippen LogP contribution in [-0.2, 0) is 9.47 Å². The topological polar surface area (TPSA) is 18.5 Å². The molecule has 1 aliphatic rings. The third kappa shape index (κ3) is 1.72. The molecule has 2 nitrogen and oxygen atoms in total. The van der Waals surface area contributed by atoms with Crippen LogP contribution in [0.4, 0.5) is 17.6 Å². The van der Waals surface area contributed by atoms with Crippen molar-refractivity contribution in [1.29, 1.82) is 0 Å². The monoisotopic (exact) mass is 216 g/mol. The number of rotatable bonds is 2. The Labute approximate surface area is 79.2 Å². The maximum absolute atomic E-state index is 13.1. The van der Waals surface area contributed by atoms with Gasteiger partial charge in [-0.05, 0) is 0 Å². The molecular formula is C8H12F4O2. The van der Waals surface area contributed by atoms with Gasteiger partial charge in [0.2, 0.25) is 0 Å². The van der Waals surface area contributed by atoms with Crippen LogP contribution in [0.25, 0.3) is 0 Å². The summed E-state index contributed by atoms with van der Waals surface area (Å²) in [5, 5.41) is 0. The lowest BCUT2D eigenvalue weighted by Crippen LogP contribution is -2.59. The van der Waals surface area contributed by atoms with Crippen molar-refractivity contribution in [2.45, 2.75) is 25.7 Å². The Hall–Kier alpha value is -0.360. The lowest BCUT2D eigenvalue weighted by Gasteiger charge is -2.44. The molecule has 1 heterocycles. The molecule has 0 unspecified atom stereocenters. The van der Waals surface area contributed by atoms with Crippen molar-refractivity contribution in [3.8, 4) is 0 Å². The Bertz CT molecular complexity index is 184. The summed E-state index contributed by atoms with van der Waals surface area (Å²) < 4.78 is 61.6. The quantitative estimate of drug-likeness (QED) is 0.659. The molecular weight excluding hydrogens is 204 g/mol. The van der Waals surface area contributed by atoms with Crippen LogP contribution >= 0.6 is 0 Å². The molecule has 1 fully saturated rings. The van der Waals surface area contributed by atoms with Gasteiger partial charge in [-0.15, -0.1) is 0 Å². The van der Waals surface area contributed by atoms with Crippen LogP contribution in [0.3, 0.4) is 0 Å². The summed E-state index contributed by atoms with van der Waals surface area (Å²) in [5.41, 5.74) is -2.56. The standard InChI is InChI=1S/C8H12F4O2/c1-6(9,10)8(7(2,11)12)3-13-5-14-4-8/h3-5H2,1-2H3. The third-order valence-electron chi connectivity index (χ3n) is 2.54. The van der Waals surface area contributed by atoms with Crippen molar-refractivity contribution in [2.24, 2.45) is 5.41 Å². The lowest BCUT2D eigenvalue weighted by molar-refractivity contribution is -0.306. The summed E-state index contributed by atoms with van der Waals surface area (Å²) in [6.07, 6.45) is 0. The van der Waals surface area contributed by atoms with E-state index in [-0.39, 0.29) is 6.79 Å². The number of alkyl halides is 4. The zero-order valence-corrected chi connectivity index (χ0v) is 7.95. The fourth-order valence-corrected chi connectivity index (χ4v) is 1.42. The van der Waals surface area contributed by atoms with Crippen LogP contribution in [0.5, 0.6) is 0 Å². The molecule has 0 aromatic heterocycles. The van der Waals surface area contributed by atoms with Crippen molar-refractivity contribution < 1.29 is 27.0 Å². The zero-order valence-electron chi connectivity index (χ0n) is 7.95. The molecule has 0 radical (unpaired) electrons. The highest BCUT2D eigenvalue weighted by atomic mass is 19.3. The summed E-state index contributed by atoms with van der Waals surface area (Å²) in [6, 6.07) is 0. The average molecular weight is 216 g/mol. The predicted octanol–water partition coefficient (Wildman–Crippen LogP) is 2.29. The second-order valence-corrected chi connectivity index (χ2v) is 3.67. The van der Waals surface area contributed by atoms with E-state index < -0.39 is 30.5 Å². The van der Waals surface area contributed by atoms with Gasteiger partial charge in [-0.3, -0.25) is 0 Å². The molecule has 0 aromatic carbocycles. The largest absolute Gasteiger partial charge is 0.354 e. The molecule has 14 heavy (non-hydrogen) atoms. The predicted molar refractivity (Wildman–Crippen MR) is 40.4 cm³/mol. The van der Waals surface area contributed by atoms with Gasteiger partial charge >= 0.3 is 0 Å². The van der Waals surface area contributed by atoms with Crippen LogP contribution < -0.4 is 0 Å². The Kier molecular flexibility index (Phi) is 2.80. The number of halogens is 4. The van der Waals surface area contributed by atoms with E-state index in [1.165, 1.54) is 0 Å². The van der Waals surface area contributed by atoms with Crippen molar-refractivity contribution in [3.05, 3.63) is 0 Å². The molecule has 0 N–H and O–H groups in total. The molecule has 0 saturated carbocycles.